The van der Waals surface area contributed by atoms with E-state index in [9.17, 15) is 9.59 Å². The third-order valence-electron chi connectivity index (χ3n) is 4.53. The van der Waals surface area contributed by atoms with Gasteiger partial charge in [-0.15, -0.1) is 0 Å². The van der Waals surface area contributed by atoms with Crippen LogP contribution in [0, 0.1) is 0 Å². The molecule has 0 aliphatic carbocycles. The molecule has 1 N–H and O–H groups in total. The predicted octanol–water partition coefficient (Wildman–Crippen LogP) is 3.69. The van der Waals surface area contributed by atoms with Crippen LogP contribution in [0.25, 0.3) is 22.6 Å². The average molecular weight is 345 g/mol. The first kappa shape index (κ1) is 16.3. The number of rotatable bonds is 2. The molecular formula is C21H19N3O2. The molecule has 1 aliphatic heterocycles. The van der Waals surface area contributed by atoms with Crippen LogP contribution in [-0.4, -0.2) is 15.5 Å². The van der Waals surface area contributed by atoms with Crippen LogP contribution in [-0.2, 0) is 11.3 Å². The lowest BCUT2D eigenvalue weighted by Gasteiger charge is -2.21. The molecule has 0 fully saturated rings. The smallest absolute Gasteiger partial charge is 0.261 e. The number of benzene rings is 2. The van der Waals surface area contributed by atoms with Crippen molar-refractivity contribution in [1.82, 2.24) is 9.55 Å². The highest BCUT2D eigenvalue weighted by atomic mass is 16.1. The summed E-state index contributed by atoms with van der Waals surface area (Å²) in [5.41, 5.74) is 3.38. The number of carbonyl (C=O) groups excluding carboxylic acids is 1. The summed E-state index contributed by atoms with van der Waals surface area (Å²) in [5.74, 6) is 0.577. The summed E-state index contributed by atoms with van der Waals surface area (Å²) in [7, 11) is 0. The molecule has 5 nitrogen and oxygen atoms in total. The van der Waals surface area contributed by atoms with Crippen LogP contribution in [0.1, 0.15) is 31.2 Å². The maximum absolute atomic E-state index is 13.0. The van der Waals surface area contributed by atoms with Crippen LogP contribution in [0.3, 0.4) is 0 Å². The minimum atomic E-state index is -0.163. The van der Waals surface area contributed by atoms with Gasteiger partial charge in [-0.3, -0.25) is 14.2 Å². The Morgan fingerprint density at radius 1 is 1.19 bits per heavy atom. The molecule has 0 radical (unpaired) electrons. The zero-order valence-corrected chi connectivity index (χ0v) is 14.5. The van der Waals surface area contributed by atoms with E-state index in [1.807, 2.05) is 30.3 Å². The van der Waals surface area contributed by atoms with Crippen LogP contribution < -0.4 is 10.9 Å². The number of anilines is 1. The van der Waals surface area contributed by atoms with E-state index >= 15 is 0 Å². The van der Waals surface area contributed by atoms with Crippen molar-refractivity contribution < 1.29 is 4.79 Å². The zero-order valence-electron chi connectivity index (χ0n) is 14.5. The number of amides is 1. The lowest BCUT2D eigenvalue weighted by atomic mass is 10.0. The fraction of sp³-hybridized carbons (Fsp3) is 0.190. The van der Waals surface area contributed by atoms with Gasteiger partial charge in [0.25, 0.3) is 5.56 Å². The number of hydrogen-bond donors (Lipinski definition) is 1. The zero-order chi connectivity index (χ0) is 18.1. The average Bonchev–Trinajstić information content (AvgIpc) is 2.63. The SMILES string of the molecule is CC(=O)Nc1ccc2nc3n(c(=O)c2c1)CCCC3=Cc1ccccc1. The fourth-order valence-electron chi connectivity index (χ4n) is 3.38. The highest BCUT2D eigenvalue weighted by Crippen LogP contribution is 2.27. The van der Waals surface area contributed by atoms with Crippen LogP contribution >= 0.6 is 0 Å². The molecule has 3 aromatic rings. The van der Waals surface area contributed by atoms with Crippen molar-refractivity contribution in [2.24, 2.45) is 0 Å². The molecule has 0 spiro atoms. The number of nitrogens with zero attached hydrogens (tertiary/aromatic N) is 2. The number of carbonyl (C=O) groups is 1. The Kier molecular flexibility index (Phi) is 4.13. The molecule has 5 heteroatoms. The number of hydrogen-bond acceptors (Lipinski definition) is 3. The topological polar surface area (TPSA) is 64.0 Å². The molecule has 0 saturated heterocycles. The summed E-state index contributed by atoms with van der Waals surface area (Å²) in [6.07, 6.45) is 3.91. The maximum atomic E-state index is 13.0. The molecule has 1 amide bonds. The molecule has 0 bridgehead atoms. The van der Waals surface area contributed by atoms with E-state index in [1.54, 1.807) is 22.8 Å². The van der Waals surface area contributed by atoms with Gasteiger partial charge in [-0.1, -0.05) is 30.3 Å². The Hall–Kier alpha value is -3.21. The number of nitrogens with one attached hydrogen (secondary N) is 1. The largest absolute Gasteiger partial charge is 0.326 e. The van der Waals surface area contributed by atoms with Gasteiger partial charge in [0.2, 0.25) is 5.91 Å². The van der Waals surface area contributed by atoms with Crippen LogP contribution in [0.15, 0.2) is 53.3 Å². The van der Waals surface area contributed by atoms with Crippen LogP contribution in [0.2, 0.25) is 0 Å². The predicted molar refractivity (Wildman–Crippen MR) is 104 cm³/mol. The summed E-state index contributed by atoms with van der Waals surface area (Å²) < 4.78 is 1.75. The first-order valence-corrected chi connectivity index (χ1v) is 8.70. The quantitative estimate of drug-likeness (QED) is 0.770. The fourth-order valence-corrected chi connectivity index (χ4v) is 3.38. The molecular weight excluding hydrogens is 326 g/mol. The monoisotopic (exact) mass is 345 g/mol. The van der Waals surface area contributed by atoms with Crippen molar-refractivity contribution in [3.8, 4) is 0 Å². The van der Waals surface area contributed by atoms with Gasteiger partial charge in [-0.25, -0.2) is 4.98 Å². The third kappa shape index (κ3) is 3.04. The Morgan fingerprint density at radius 2 is 2.00 bits per heavy atom. The molecule has 26 heavy (non-hydrogen) atoms. The van der Waals surface area contributed by atoms with E-state index < -0.39 is 0 Å². The number of aromatic nitrogens is 2. The first-order chi connectivity index (χ1) is 12.6. The molecule has 0 atom stereocenters. The molecule has 4 rings (SSSR count). The van der Waals surface area contributed by atoms with Gasteiger partial charge in [0.15, 0.2) is 0 Å². The van der Waals surface area contributed by atoms with E-state index in [4.69, 9.17) is 4.98 Å². The Bertz CT molecular complexity index is 1080. The standard InChI is InChI=1S/C21H19N3O2/c1-14(25)22-17-9-10-19-18(13-17)21(26)24-11-5-8-16(20(24)23-19)12-15-6-3-2-4-7-15/h2-4,6-7,9-10,12-13H,5,8,11H2,1H3,(H,22,25). The van der Waals surface area contributed by atoms with Gasteiger partial charge in [-0.2, -0.15) is 0 Å². The van der Waals surface area contributed by atoms with Crippen LogP contribution in [0.5, 0.6) is 0 Å². The molecule has 1 aliphatic rings. The minimum Gasteiger partial charge on any atom is -0.326 e. The van der Waals surface area contributed by atoms with Crippen molar-refractivity contribution in [3.05, 3.63) is 70.3 Å². The molecule has 1 aromatic heterocycles. The second kappa shape index (κ2) is 6.59. The Labute approximate surface area is 151 Å². The summed E-state index contributed by atoms with van der Waals surface area (Å²) in [6.45, 7) is 2.11. The van der Waals surface area contributed by atoms with Gasteiger partial charge in [0.1, 0.15) is 5.82 Å². The normalized spacial score (nSPS) is 15.0. The van der Waals surface area contributed by atoms with Gasteiger partial charge in [0.05, 0.1) is 10.9 Å². The van der Waals surface area contributed by atoms with Crippen molar-refractivity contribution in [2.45, 2.75) is 26.3 Å². The number of fused-ring (bicyclic) bond motifs is 2. The van der Waals surface area contributed by atoms with Gasteiger partial charge < -0.3 is 5.32 Å². The number of allylic oxidation sites excluding steroid dienone is 1. The van der Waals surface area contributed by atoms with Crippen LogP contribution in [0.4, 0.5) is 5.69 Å². The van der Waals surface area contributed by atoms with Crippen molar-refractivity contribution in [2.75, 3.05) is 5.32 Å². The summed E-state index contributed by atoms with van der Waals surface area (Å²) in [6, 6.07) is 15.3. The second-order valence-corrected chi connectivity index (χ2v) is 6.49. The van der Waals surface area contributed by atoms with Gasteiger partial charge in [0, 0.05) is 19.2 Å². The highest BCUT2D eigenvalue weighted by molar-refractivity contribution is 5.92. The summed E-state index contributed by atoms with van der Waals surface area (Å²) in [5, 5.41) is 3.25. The maximum Gasteiger partial charge on any atom is 0.261 e. The summed E-state index contributed by atoms with van der Waals surface area (Å²) >= 11 is 0. The molecule has 2 aromatic carbocycles. The van der Waals surface area contributed by atoms with E-state index in [0.717, 1.165) is 29.8 Å². The van der Waals surface area contributed by atoms with Gasteiger partial charge >= 0.3 is 0 Å². The molecule has 130 valence electrons. The lowest BCUT2D eigenvalue weighted by molar-refractivity contribution is -0.114. The van der Waals surface area contributed by atoms with Gasteiger partial charge in [-0.05, 0) is 48.3 Å². The second-order valence-electron chi connectivity index (χ2n) is 6.49. The first-order valence-electron chi connectivity index (χ1n) is 8.70. The van der Waals surface area contributed by atoms with E-state index in [-0.39, 0.29) is 11.5 Å². The molecule has 0 unspecified atom stereocenters. The van der Waals surface area contributed by atoms with Crippen molar-refractivity contribution in [1.29, 1.82) is 0 Å². The highest BCUT2D eigenvalue weighted by Gasteiger charge is 2.19. The van der Waals surface area contributed by atoms with Crippen molar-refractivity contribution in [3.63, 3.8) is 0 Å². The molecule has 2 heterocycles. The van der Waals surface area contributed by atoms with Crippen molar-refractivity contribution >= 4 is 34.1 Å². The summed E-state index contributed by atoms with van der Waals surface area (Å²) in [4.78, 5) is 29.0. The lowest BCUT2D eigenvalue weighted by Crippen LogP contribution is -2.28. The molecule has 0 saturated carbocycles. The minimum absolute atomic E-state index is 0.0594. The Morgan fingerprint density at radius 3 is 2.77 bits per heavy atom. The third-order valence-corrected chi connectivity index (χ3v) is 4.53. The van der Waals surface area contributed by atoms with E-state index in [2.05, 4.69) is 11.4 Å². The Balaban J connectivity index is 1.86. The van der Waals surface area contributed by atoms with E-state index in [0.29, 0.717) is 23.1 Å². The van der Waals surface area contributed by atoms with E-state index in [1.165, 1.54) is 6.92 Å².